The molecule has 0 aromatic rings. The van der Waals surface area contributed by atoms with E-state index in [0.717, 1.165) is 0 Å². The molecule has 0 radical (unpaired) electrons. The number of carboxylic acid groups (broad SMARTS) is 1. The first kappa shape index (κ1) is 21.3. The van der Waals surface area contributed by atoms with Gasteiger partial charge >= 0.3 is 5.97 Å². The summed E-state index contributed by atoms with van der Waals surface area (Å²) in [5, 5.41) is 23.5. The van der Waals surface area contributed by atoms with Crippen molar-refractivity contribution in [1.29, 1.82) is 0 Å². The maximum atomic E-state index is 12.4. The number of carboxylic acids is 1. The largest absolute Gasteiger partial charge is 0.480 e. The van der Waals surface area contributed by atoms with E-state index < -0.39 is 42.0 Å². The molecular formula is C15H29N3O5. The highest BCUT2D eigenvalue weighted by Gasteiger charge is 2.32. The van der Waals surface area contributed by atoms with Crippen LogP contribution in [0.3, 0.4) is 0 Å². The quantitative estimate of drug-likeness (QED) is 0.384. The van der Waals surface area contributed by atoms with Gasteiger partial charge in [0.05, 0.1) is 6.10 Å². The van der Waals surface area contributed by atoms with Crippen LogP contribution in [-0.4, -0.2) is 52.2 Å². The van der Waals surface area contributed by atoms with Crippen molar-refractivity contribution >= 4 is 17.8 Å². The summed E-state index contributed by atoms with van der Waals surface area (Å²) in [6.45, 7) is 8.37. The minimum atomic E-state index is -1.16. The van der Waals surface area contributed by atoms with Gasteiger partial charge in [-0.05, 0) is 18.8 Å². The minimum absolute atomic E-state index is 0.250. The predicted octanol–water partition coefficient (Wildman–Crippen LogP) is -0.549. The number of aliphatic hydroxyl groups is 1. The molecule has 2 amide bonds. The molecule has 0 aliphatic carbocycles. The molecule has 6 N–H and O–H groups in total. The summed E-state index contributed by atoms with van der Waals surface area (Å²) in [5.74, 6) is -2.89. The Morgan fingerprint density at radius 3 is 1.83 bits per heavy atom. The fourth-order valence-corrected chi connectivity index (χ4v) is 1.93. The lowest BCUT2D eigenvalue weighted by Crippen LogP contribution is -2.58. The molecule has 0 aliphatic heterocycles. The first-order valence-electron chi connectivity index (χ1n) is 7.80. The second-order valence-electron chi connectivity index (χ2n) is 6.21. The summed E-state index contributed by atoms with van der Waals surface area (Å²) in [4.78, 5) is 35.6. The zero-order chi connectivity index (χ0) is 18.3. The van der Waals surface area contributed by atoms with Crippen LogP contribution < -0.4 is 16.4 Å². The summed E-state index contributed by atoms with van der Waals surface area (Å²) < 4.78 is 0. The van der Waals surface area contributed by atoms with Crippen LogP contribution in [-0.2, 0) is 14.4 Å². The summed E-state index contributed by atoms with van der Waals surface area (Å²) >= 11 is 0. The van der Waals surface area contributed by atoms with Gasteiger partial charge in [0.1, 0.15) is 18.1 Å². The van der Waals surface area contributed by atoms with Crippen molar-refractivity contribution in [3.63, 3.8) is 0 Å². The second-order valence-corrected chi connectivity index (χ2v) is 6.21. The van der Waals surface area contributed by atoms with Crippen molar-refractivity contribution in [3.05, 3.63) is 0 Å². The maximum Gasteiger partial charge on any atom is 0.326 e. The van der Waals surface area contributed by atoms with Gasteiger partial charge in [-0.2, -0.15) is 0 Å². The van der Waals surface area contributed by atoms with E-state index in [1.54, 1.807) is 20.8 Å². The monoisotopic (exact) mass is 331 g/mol. The van der Waals surface area contributed by atoms with Crippen LogP contribution in [0.5, 0.6) is 0 Å². The van der Waals surface area contributed by atoms with E-state index in [4.69, 9.17) is 5.73 Å². The van der Waals surface area contributed by atoms with Gasteiger partial charge in [0, 0.05) is 0 Å². The average Bonchev–Trinajstić information content (AvgIpc) is 2.47. The van der Waals surface area contributed by atoms with E-state index >= 15 is 0 Å². The number of hydrogen-bond donors (Lipinski definition) is 5. The van der Waals surface area contributed by atoms with Crippen molar-refractivity contribution in [2.24, 2.45) is 17.6 Å². The Bertz CT molecular complexity index is 425. The van der Waals surface area contributed by atoms with Crippen LogP contribution in [0.1, 0.15) is 41.0 Å². The number of aliphatic hydroxyl groups excluding tert-OH is 1. The lowest BCUT2D eigenvalue weighted by molar-refractivity contribution is -0.144. The Morgan fingerprint density at radius 2 is 1.48 bits per heavy atom. The van der Waals surface area contributed by atoms with E-state index in [1.807, 2.05) is 6.92 Å². The third-order valence-electron chi connectivity index (χ3n) is 3.85. The number of amides is 2. The molecule has 0 heterocycles. The number of hydrogen-bond acceptors (Lipinski definition) is 5. The molecule has 8 heteroatoms. The molecule has 8 nitrogen and oxygen atoms in total. The Morgan fingerprint density at radius 1 is 1.00 bits per heavy atom. The molecule has 0 aromatic heterocycles. The highest BCUT2D eigenvalue weighted by Crippen LogP contribution is 2.10. The van der Waals surface area contributed by atoms with Crippen molar-refractivity contribution in [3.8, 4) is 0 Å². The fourth-order valence-electron chi connectivity index (χ4n) is 1.93. The number of rotatable bonds is 9. The molecule has 0 aliphatic rings. The molecule has 5 unspecified atom stereocenters. The van der Waals surface area contributed by atoms with E-state index in [-0.39, 0.29) is 11.8 Å². The van der Waals surface area contributed by atoms with Gasteiger partial charge in [0.25, 0.3) is 0 Å². The van der Waals surface area contributed by atoms with Crippen LogP contribution in [0, 0.1) is 11.8 Å². The Balaban J connectivity index is 5.06. The highest BCUT2D eigenvalue weighted by molar-refractivity contribution is 5.92. The predicted molar refractivity (Wildman–Crippen MR) is 85.4 cm³/mol. The van der Waals surface area contributed by atoms with Crippen molar-refractivity contribution < 1.29 is 24.6 Å². The van der Waals surface area contributed by atoms with Crippen LogP contribution >= 0.6 is 0 Å². The topological polar surface area (TPSA) is 142 Å². The van der Waals surface area contributed by atoms with Crippen molar-refractivity contribution in [2.45, 2.75) is 65.3 Å². The first-order chi connectivity index (χ1) is 10.5. The van der Waals surface area contributed by atoms with E-state index in [1.165, 1.54) is 6.92 Å². The van der Waals surface area contributed by atoms with Crippen LogP contribution in [0.4, 0.5) is 0 Å². The van der Waals surface area contributed by atoms with Crippen LogP contribution in [0.25, 0.3) is 0 Å². The second kappa shape index (κ2) is 9.46. The minimum Gasteiger partial charge on any atom is -0.480 e. The average molecular weight is 331 g/mol. The number of aliphatic carboxylic acids is 1. The SMILES string of the molecule is CCC(C)C(NC(=O)C(NC(=O)C(N)C(C)O)C(C)C)C(=O)O. The van der Waals surface area contributed by atoms with Gasteiger partial charge in [-0.15, -0.1) is 0 Å². The van der Waals surface area contributed by atoms with Gasteiger partial charge in [-0.25, -0.2) is 4.79 Å². The summed E-state index contributed by atoms with van der Waals surface area (Å²) in [7, 11) is 0. The zero-order valence-corrected chi connectivity index (χ0v) is 14.4. The van der Waals surface area contributed by atoms with Gasteiger partial charge in [-0.3, -0.25) is 9.59 Å². The standard InChI is InChI=1S/C15H29N3O5/c1-6-8(4)12(15(22)23)18-14(21)11(7(2)3)17-13(20)10(16)9(5)19/h7-12,19H,6,16H2,1-5H3,(H,17,20)(H,18,21)(H,22,23). The smallest absolute Gasteiger partial charge is 0.326 e. The molecular weight excluding hydrogens is 302 g/mol. The number of carbonyl (C=O) groups is 3. The van der Waals surface area contributed by atoms with Crippen molar-refractivity contribution in [2.75, 3.05) is 0 Å². The number of nitrogens with two attached hydrogens (primary N) is 1. The Hall–Kier alpha value is -1.67. The molecule has 0 fully saturated rings. The Labute approximate surface area is 136 Å². The molecule has 5 atom stereocenters. The van der Waals surface area contributed by atoms with Gasteiger partial charge in [0.15, 0.2) is 0 Å². The lowest BCUT2D eigenvalue weighted by Gasteiger charge is -2.27. The summed E-state index contributed by atoms with van der Waals surface area (Å²) in [6.07, 6.45) is -0.471. The molecule has 23 heavy (non-hydrogen) atoms. The van der Waals surface area contributed by atoms with Crippen LogP contribution in [0.2, 0.25) is 0 Å². The number of nitrogens with one attached hydrogen (secondary N) is 2. The maximum absolute atomic E-state index is 12.4. The third-order valence-corrected chi connectivity index (χ3v) is 3.85. The molecule has 0 rings (SSSR count). The molecule has 0 saturated heterocycles. The first-order valence-corrected chi connectivity index (χ1v) is 7.80. The Kier molecular flexibility index (Phi) is 8.78. The van der Waals surface area contributed by atoms with E-state index in [2.05, 4.69) is 10.6 Å². The van der Waals surface area contributed by atoms with Gasteiger partial charge < -0.3 is 26.6 Å². The highest BCUT2D eigenvalue weighted by atomic mass is 16.4. The summed E-state index contributed by atoms with van der Waals surface area (Å²) in [5.41, 5.74) is 5.54. The molecule has 134 valence electrons. The molecule has 0 bridgehead atoms. The molecule has 0 aromatic carbocycles. The molecule has 0 spiro atoms. The molecule has 0 saturated carbocycles. The van der Waals surface area contributed by atoms with E-state index in [0.29, 0.717) is 6.42 Å². The fraction of sp³-hybridized carbons (Fsp3) is 0.800. The normalized spacial score (nSPS) is 17.7. The number of carbonyl (C=O) groups excluding carboxylic acids is 2. The van der Waals surface area contributed by atoms with Gasteiger partial charge in [-0.1, -0.05) is 34.1 Å². The van der Waals surface area contributed by atoms with Crippen LogP contribution in [0.15, 0.2) is 0 Å². The lowest BCUT2D eigenvalue weighted by atomic mass is 9.97. The van der Waals surface area contributed by atoms with Crippen molar-refractivity contribution in [1.82, 2.24) is 10.6 Å². The third kappa shape index (κ3) is 6.54. The summed E-state index contributed by atoms with van der Waals surface area (Å²) in [6, 6.07) is -3.12. The van der Waals surface area contributed by atoms with E-state index in [9.17, 15) is 24.6 Å². The zero-order valence-electron chi connectivity index (χ0n) is 14.4. The van der Waals surface area contributed by atoms with Gasteiger partial charge in [0.2, 0.25) is 11.8 Å².